The lowest BCUT2D eigenvalue weighted by atomic mass is 9.89. The Labute approximate surface area is 128 Å². The molecule has 22 heavy (non-hydrogen) atoms. The molecule has 0 radical (unpaired) electrons. The van der Waals surface area contributed by atoms with E-state index in [-0.39, 0.29) is 5.82 Å². The fraction of sp³-hybridized carbons (Fsp3) is 0.211. The van der Waals surface area contributed by atoms with E-state index in [0.717, 1.165) is 29.6 Å². The van der Waals surface area contributed by atoms with E-state index in [4.69, 9.17) is 0 Å². The lowest BCUT2D eigenvalue weighted by molar-refractivity contribution is 0.629. The van der Waals surface area contributed by atoms with Crippen LogP contribution in [0.1, 0.15) is 29.5 Å². The summed E-state index contributed by atoms with van der Waals surface area (Å²) < 4.78 is 13.5. The second kappa shape index (κ2) is 4.99. The molecule has 0 spiro atoms. The van der Waals surface area contributed by atoms with Gasteiger partial charge >= 0.3 is 0 Å². The maximum atomic E-state index is 13.5. The van der Waals surface area contributed by atoms with Gasteiger partial charge in [-0.05, 0) is 66.6 Å². The molecule has 1 aliphatic carbocycles. The number of nitrogens with one attached hydrogen (secondary N) is 1. The first kappa shape index (κ1) is 13.1. The first-order valence-corrected chi connectivity index (χ1v) is 7.60. The molecule has 1 aliphatic rings. The van der Waals surface area contributed by atoms with Gasteiger partial charge in [-0.15, -0.1) is 0 Å². The number of H-pyrrole nitrogens is 1. The summed E-state index contributed by atoms with van der Waals surface area (Å²) in [5.74, 6) is -0.319. The van der Waals surface area contributed by atoms with Gasteiger partial charge < -0.3 is 4.98 Å². The monoisotopic (exact) mass is 290 g/mol. The van der Waals surface area contributed by atoms with Crippen molar-refractivity contribution in [3.05, 3.63) is 58.9 Å². The van der Waals surface area contributed by atoms with Crippen LogP contribution in [0.15, 0.2) is 36.4 Å². The Bertz CT molecular complexity index is 915. The molecule has 0 fully saturated rings. The summed E-state index contributed by atoms with van der Waals surface area (Å²) in [5.41, 5.74) is 5.90. The molecule has 3 heteroatoms. The second-order valence-electron chi connectivity index (χ2n) is 5.87. The van der Waals surface area contributed by atoms with Crippen LogP contribution in [0.2, 0.25) is 0 Å². The number of nitrogens with zero attached hydrogens (tertiary/aromatic N) is 1. The van der Waals surface area contributed by atoms with Crippen LogP contribution in [-0.2, 0) is 12.8 Å². The van der Waals surface area contributed by atoms with E-state index in [1.807, 2.05) is 0 Å². The smallest absolute Gasteiger partial charge is 0.124 e. The van der Waals surface area contributed by atoms with Crippen LogP contribution < -0.4 is 0 Å². The van der Waals surface area contributed by atoms with E-state index >= 15 is 0 Å². The van der Waals surface area contributed by atoms with Crippen LogP contribution in [0.5, 0.6) is 0 Å². The third-order valence-corrected chi connectivity index (χ3v) is 4.51. The molecule has 2 nitrogen and oxygen atoms in total. The molecule has 0 saturated heterocycles. The van der Waals surface area contributed by atoms with Crippen molar-refractivity contribution in [3.63, 3.8) is 0 Å². The maximum absolute atomic E-state index is 13.5. The highest BCUT2D eigenvalue weighted by molar-refractivity contribution is 5.93. The Balaban J connectivity index is 1.92. The van der Waals surface area contributed by atoms with E-state index in [9.17, 15) is 9.65 Å². The summed E-state index contributed by atoms with van der Waals surface area (Å²) in [6.07, 6.45) is 4.71. The van der Waals surface area contributed by atoms with Crippen molar-refractivity contribution >= 4 is 10.9 Å². The van der Waals surface area contributed by atoms with Crippen molar-refractivity contribution < 1.29 is 4.39 Å². The predicted molar refractivity (Wildman–Crippen MR) is 85.0 cm³/mol. The minimum absolute atomic E-state index is 0.319. The van der Waals surface area contributed by atoms with Crippen LogP contribution in [0.4, 0.5) is 4.39 Å². The summed E-state index contributed by atoms with van der Waals surface area (Å²) in [6, 6.07) is 13.2. The molecule has 1 N–H and O–H groups in total. The van der Waals surface area contributed by atoms with Gasteiger partial charge in [-0.25, -0.2) is 4.39 Å². The molecule has 0 amide bonds. The molecule has 0 atom stereocenters. The van der Waals surface area contributed by atoms with E-state index in [1.165, 1.54) is 36.1 Å². The quantitative estimate of drug-likeness (QED) is 0.691. The number of rotatable bonds is 1. The molecule has 2 aromatic carbocycles. The molecule has 0 saturated carbocycles. The van der Waals surface area contributed by atoms with Gasteiger partial charge in [0, 0.05) is 10.9 Å². The number of hydrogen-bond donors (Lipinski definition) is 1. The van der Waals surface area contributed by atoms with Crippen LogP contribution in [0.25, 0.3) is 22.2 Å². The van der Waals surface area contributed by atoms with E-state index in [2.05, 4.69) is 29.3 Å². The SMILES string of the molecule is N#Cc1c(-c2ccc3c(c2)CCCC3)[nH]c2ccc(F)cc12. The Morgan fingerprint density at radius 1 is 1.00 bits per heavy atom. The number of aromatic amines is 1. The van der Waals surface area contributed by atoms with Crippen LogP contribution in [0, 0.1) is 17.1 Å². The van der Waals surface area contributed by atoms with Gasteiger partial charge in [0.1, 0.15) is 11.9 Å². The highest BCUT2D eigenvalue weighted by Gasteiger charge is 2.16. The Hall–Kier alpha value is -2.60. The zero-order valence-corrected chi connectivity index (χ0v) is 12.1. The van der Waals surface area contributed by atoms with Gasteiger partial charge in [-0.2, -0.15) is 5.26 Å². The fourth-order valence-corrected chi connectivity index (χ4v) is 3.39. The van der Waals surface area contributed by atoms with Crippen molar-refractivity contribution in [2.24, 2.45) is 0 Å². The Morgan fingerprint density at radius 3 is 2.64 bits per heavy atom. The minimum Gasteiger partial charge on any atom is -0.353 e. The third-order valence-electron chi connectivity index (χ3n) is 4.51. The van der Waals surface area contributed by atoms with Gasteiger partial charge in [0.2, 0.25) is 0 Å². The first-order valence-electron chi connectivity index (χ1n) is 7.60. The predicted octanol–water partition coefficient (Wildman–Crippen LogP) is 4.72. The number of fused-ring (bicyclic) bond motifs is 2. The van der Waals surface area contributed by atoms with Crippen LogP contribution in [-0.4, -0.2) is 4.98 Å². The maximum Gasteiger partial charge on any atom is 0.124 e. The normalized spacial score (nSPS) is 13.8. The molecule has 108 valence electrons. The van der Waals surface area contributed by atoms with Crippen LogP contribution in [0.3, 0.4) is 0 Å². The Morgan fingerprint density at radius 2 is 1.82 bits per heavy atom. The average molecular weight is 290 g/mol. The van der Waals surface area contributed by atoms with Gasteiger partial charge in [0.15, 0.2) is 0 Å². The first-order chi connectivity index (χ1) is 10.8. The zero-order chi connectivity index (χ0) is 15.1. The average Bonchev–Trinajstić information content (AvgIpc) is 2.92. The van der Waals surface area contributed by atoms with Gasteiger partial charge in [-0.1, -0.05) is 12.1 Å². The lowest BCUT2D eigenvalue weighted by Crippen LogP contribution is -2.02. The number of hydrogen-bond acceptors (Lipinski definition) is 1. The summed E-state index contributed by atoms with van der Waals surface area (Å²) in [4.78, 5) is 3.28. The molecule has 1 heterocycles. The molecule has 0 aliphatic heterocycles. The third kappa shape index (κ3) is 2.00. The molecule has 0 unspecified atom stereocenters. The van der Waals surface area contributed by atoms with E-state index in [1.54, 1.807) is 6.07 Å². The largest absolute Gasteiger partial charge is 0.353 e. The zero-order valence-electron chi connectivity index (χ0n) is 12.1. The summed E-state index contributed by atoms with van der Waals surface area (Å²) in [5, 5.41) is 10.2. The Kier molecular flexibility index (Phi) is 2.97. The topological polar surface area (TPSA) is 39.6 Å². The van der Waals surface area contributed by atoms with Crippen molar-refractivity contribution in [2.75, 3.05) is 0 Å². The molecule has 4 rings (SSSR count). The van der Waals surface area contributed by atoms with Crippen molar-refractivity contribution in [3.8, 4) is 17.3 Å². The van der Waals surface area contributed by atoms with Gasteiger partial charge in [0.25, 0.3) is 0 Å². The highest BCUT2D eigenvalue weighted by Crippen LogP contribution is 2.32. The van der Waals surface area contributed by atoms with Gasteiger partial charge in [0.05, 0.1) is 11.3 Å². The number of halogens is 1. The lowest BCUT2D eigenvalue weighted by Gasteiger charge is -2.16. The standard InChI is InChI=1S/C19H15FN2/c20-15-7-8-18-16(10-15)17(11-21)19(22-18)14-6-5-12-3-1-2-4-13(12)9-14/h5-10,22H,1-4H2. The summed E-state index contributed by atoms with van der Waals surface area (Å²) in [6.45, 7) is 0. The molecule has 0 bridgehead atoms. The number of benzene rings is 2. The molecular weight excluding hydrogens is 275 g/mol. The highest BCUT2D eigenvalue weighted by atomic mass is 19.1. The summed E-state index contributed by atoms with van der Waals surface area (Å²) >= 11 is 0. The molecule has 3 aromatic rings. The second-order valence-corrected chi connectivity index (χ2v) is 5.87. The van der Waals surface area contributed by atoms with Crippen molar-refractivity contribution in [2.45, 2.75) is 25.7 Å². The van der Waals surface area contributed by atoms with Crippen molar-refractivity contribution in [1.29, 1.82) is 5.26 Å². The van der Waals surface area contributed by atoms with E-state index in [0.29, 0.717) is 10.9 Å². The fourth-order valence-electron chi connectivity index (χ4n) is 3.39. The number of nitriles is 1. The number of aryl methyl sites for hydroxylation is 2. The van der Waals surface area contributed by atoms with Crippen molar-refractivity contribution in [1.82, 2.24) is 4.98 Å². The van der Waals surface area contributed by atoms with Gasteiger partial charge in [-0.3, -0.25) is 0 Å². The molecule has 1 aromatic heterocycles. The van der Waals surface area contributed by atoms with E-state index < -0.39 is 0 Å². The molecular formula is C19H15FN2. The van der Waals surface area contributed by atoms with Crippen LogP contribution >= 0.6 is 0 Å². The minimum atomic E-state index is -0.319. The number of aromatic nitrogens is 1. The summed E-state index contributed by atoms with van der Waals surface area (Å²) in [7, 11) is 0.